The van der Waals surface area contributed by atoms with Crippen molar-refractivity contribution in [2.75, 3.05) is 0 Å². The third kappa shape index (κ3) is 1.48. The van der Waals surface area contributed by atoms with Crippen LogP contribution in [0.4, 0.5) is 0 Å². The van der Waals surface area contributed by atoms with Gasteiger partial charge in [-0.2, -0.15) is 5.26 Å². The smallest absolute Gasteiger partial charge is 0.159 e. The van der Waals surface area contributed by atoms with Gasteiger partial charge < -0.3 is 0 Å². The van der Waals surface area contributed by atoms with E-state index in [1.165, 1.54) is 0 Å². The standard InChI is InChI=1S/C9H11NO/c1-2-8-7(6-10)4-3-5-9(8)11/h2-5H2,1H3. The number of Topliss-reactive ketones (excluding diaryl/α,β-unsaturated/α-hetero) is 1. The third-order valence-electron chi connectivity index (χ3n) is 2.02. The zero-order chi connectivity index (χ0) is 8.27. The summed E-state index contributed by atoms with van der Waals surface area (Å²) in [5, 5.41) is 8.65. The molecule has 0 amide bonds. The summed E-state index contributed by atoms with van der Waals surface area (Å²) in [7, 11) is 0. The maximum absolute atomic E-state index is 11.2. The van der Waals surface area contributed by atoms with Crippen LogP contribution < -0.4 is 0 Å². The van der Waals surface area contributed by atoms with Crippen molar-refractivity contribution in [2.24, 2.45) is 0 Å². The van der Waals surface area contributed by atoms with Crippen LogP contribution in [0, 0.1) is 11.3 Å². The van der Waals surface area contributed by atoms with Crippen molar-refractivity contribution in [3.63, 3.8) is 0 Å². The van der Waals surface area contributed by atoms with Gasteiger partial charge in [-0.1, -0.05) is 6.92 Å². The molecule has 0 N–H and O–H groups in total. The van der Waals surface area contributed by atoms with Gasteiger partial charge in [-0.05, 0) is 19.3 Å². The number of hydrogen-bond donors (Lipinski definition) is 0. The second-order valence-corrected chi connectivity index (χ2v) is 2.70. The molecule has 2 nitrogen and oxygen atoms in total. The molecule has 0 spiro atoms. The molecular formula is C9H11NO. The summed E-state index contributed by atoms with van der Waals surface area (Å²) >= 11 is 0. The van der Waals surface area contributed by atoms with Crippen molar-refractivity contribution in [1.82, 2.24) is 0 Å². The zero-order valence-corrected chi connectivity index (χ0v) is 6.68. The molecule has 0 atom stereocenters. The molecule has 0 radical (unpaired) electrons. The monoisotopic (exact) mass is 149 g/mol. The van der Waals surface area contributed by atoms with Crippen molar-refractivity contribution < 1.29 is 4.79 Å². The molecule has 0 saturated carbocycles. The van der Waals surface area contributed by atoms with Crippen LogP contribution in [0.5, 0.6) is 0 Å². The van der Waals surface area contributed by atoms with Crippen molar-refractivity contribution in [3.8, 4) is 6.07 Å². The van der Waals surface area contributed by atoms with Gasteiger partial charge in [0.15, 0.2) is 5.78 Å². The molecule has 0 heterocycles. The summed E-state index contributed by atoms with van der Waals surface area (Å²) in [6.07, 6.45) is 2.99. The van der Waals surface area contributed by atoms with E-state index in [0.29, 0.717) is 18.4 Å². The van der Waals surface area contributed by atoms with Crippen LogP contribution in [0.25, 0.3) is 0 Å². The van der Waals surface area contributed by atoms with Crippen molar-refractivity contribution in [1.29, 1.82) is 5.26 Å². The fraction of sp³-hybridized carbons (Fsp3) is 0.556. The van der Waals surface area contributed by atoms with Gasteiger partial charge >= 0.3 is 0 Å². The Hall–Kier alpha value is -1.10. The summed E-state index contributed by atoms with van der Waals surface area (Å²) in [5.41, 5.74) is 1.47. The van der Waals surface area contributed by atoms with Crippen LogP contribution in [0.15, 0.2) is 11.1 Å². The minimum Gasteiger partial charge on any atom is -0.295 e. The van der Waals surface area contributed by atoms with E-state index in [-0.39, 0.29) is 5.78 Å². The number of hydrogen-bond acceptors (Lipinski definition) is 2. The molecule has 0 aromatic rings. The highest BCUT2D eigenvalue weighted by molar-refractivity contribution is 5.97. The number of ketones is 1. The number of nitrogens with zero attached hydrogens (tertiary/aromatic N) is 1. The molecule has 0 aromatic heterocycles. The summed E-state index contributed by atoms with van der Waals surface area (Å²) in [6.45, 7) is 1.93. The van der Waals surface area contributed by atoms with Gasteiger partial charge in [0, 0.05) is 17.6 Å². The molecule has 0 unspecified atom stereocenters. The topological polar surface area (TPSA) is 40.9 Å². The number of carbonyl (C=O) groups is 1. The van der Waals surface area contributed by atoms with Crippen LogP contribution >= 0.6 is 0 Å². The maximum atomic E-state index is 11.2. The predicted octanol–water partition coefficient (Wildman–Crippen LogP) is 1.97. The van der Waals surface area contributed by atoms with Gasteiger partial charge in [0.2, 0.25) is 0 Å². The second kappa shape index (κ2) is 3.34. The quantitative estimate of drug-likeness (QED) is 0.572. The fourth-order valence-corrected chi connectivity index (χ4v) is 1.43. The number of rotatable bonds is 1. The molecule has 0 saturated heterocycles. The average molecular weight is 149 g/mol. The van der Waals surface area contributed by atoms with Gasteiger partial charge in [-0.15, -0.1) is 0 Å². The first-order valence-electron chi connectivity index (χ1n) is 3.95. The van der Waals surface area contributed by atoms with E-state index in [0.717, 1.165) is 18.4 Å². The maximum Gasteiger partial charge on any atom is 0.159 e. The lowest BCUT2D eigenvalue weighted by atomic mass is 9.90. The second-order valence-electron chi connectivity index (χ2n) is 2.70. The van der Waals surface area contributed by atoms with Crippen molar-refractivity contribution in [3.05, 3.63) is 11.1 Å². The number of allylic oxidation sites excluding steroid dienone is 2. The Kier molecular flexibility index (Phi) is 2.43. The van der Waals surface area contributed by atoms with E-state index in [9.17, 15) is 4.79 Å². The molecule has 0 aliphatic heterocycles. The molecule has 1 rings (SSSR count). The van der Waals surface area contributed by atoms with E-state index < -0.39 is 0 Å². The largest absolute Gasteiger partial charge is 0.295 e. The van der Waals surface area contributed by atoms with Crippen LogP contribution in [0.3, 0.4) is 0 Å². The van der Waals surface area contributed by atoms with Gasteiger partial charge in [-0.25, -0.2) is 0 Å². The van der Waals surface area contributed by atoms with E-state index in [1.54, 1.807) is 0 Å². The minimum atomic E-state index is 0.176. The van der Waals surface area contributed by atoms with Crippen LogP contribution in [0.2, 0.25) is 0 Å². The summed E-state index contributed by atoms with van der Waals surface area (Å²) < 4.78 is 0. The first-order valence-corrected chi connectivity index (χ1v) is 3.95. The van der Waals surface area contributed by atoms with E-state index >= 15 is 0 Å². The predicted molar refractivity (Wildman–Crippen MR) is 41.8 cm³/mol. The van der Waals surface area contributed by atoms with Crippen LogP contribution in [-0.4, -0.2) is 5.78 Å². The Morgan fingerprint density at radius 2 is 2.27 bits per heavy atom. The molecule has 2 heteroatoms. The normalized spacial score (nSPS) is 18.4. The lowest BCUT2D eigenvalue weighted by Gasteiger charge is -2.12. The molecule has 1 aliphatic carbocycles. The summed E-state index contributed by atoms with van der Waals surface area (Å²) in [5.74, 6) is 0.176. The van der Waals surface area contributed by atoms with Gasteiger partial charge in [0.05, 0.1) is 6.07 Å². The van der Waals surface area contributed by atoms with E-state index in [2.05, 4.69) is 6.07 Å². The van der Waals surface area contributed by atoms with Crippen molar-refractivity contribution in [2.45, 2.75) is 32.6 Å². The van der Waals surface area contributed by atoms with Crippen LogP contribution in [-0.2, 0) is 4.79 Å². The third-order valence-corrected chi connectivity index (χ3v) is 2.02. The SMILES string of the molecule is CCC1=C(C#N)CCCC1=O. The molecule has 0 bridgehead atoms. The summed E-state index contributed by atoms with van der Waals surface area (Å²) in [6, 6.07) is 2.09. The van der Waals surface area contributed by atoms with Crippen LogP contribution in [0.1, 0.15) is 32.6 Å². The molecule has 0 fully saturated rings. The molecule has 11 heavy (non-hydrogen) atoms. The minimum absolute atomic E-state index is 0.176. The molecular weight excluding hydrogens is 138 g/mol. The fourth-order valence-electron chi connectivity index (χ4n) is 1.43. The Labute approximate surface area is 66.5 Å². The average Bonchev–Trinajstić information content (AvgIpc) is 2.04. The summed E-state index contributed by atoms with van der Waals surface area (Å²) in [4.78, 5) is 11.2. The van der Waals surface area contributed by atoms with Gasteiger partial charge in [-0.3, -0.25) is 4.79 Å². The Bertz CT molecular complexity index is 245. The first-order chi connectivity index (χ1) is 5.29. The van der Waals surface area contributed by atoms with Crippen molar-refractivity contribution >= 4 is 5.78 Å². The molecule has 0 aromatic carbocycles. The number of carbonyl (C=O) groups excluding carboxylic acids is 1. The lowest BCUT2D eigenvalue weighted by Crippen LogP contribution is -2.10. The Balaban J connectivity index is 2.97. The zero-order valence-electron chi connectivity index (χ0n) is 6.68. The lowest BCUT2D eigenvalue weighted by molar-refractivity contribution is -0.116. The molecule has 58 valence electrons. The number of nitriles is 1. The van der Waals surface area contributed by atoms with E-state index in [1.807, 2.05) is 6.92 Å². The van der Waals surface area contributed by atoms with Gasteiger partial charge in [0.1, 0.15) is 0 Å². The highest BCUT2D eigenvalue weighted by Crippen LogP contribution is 2.23. The highest BCUT2D eigenvalue weighted by atomic mass is 16.1. The first kappa shape index (κ1) is 8.00. The van der Waals surface area contributed by atoms with E-state index in [4.69, 9.17) is 5.26 Å². The highest BCUT2D eigenvalue weighted by Gasteiger charge is 2.17. The molecule has 1 aliphatic rings. The van der Waals surface area contributed by atoms with Gasteiger partial charge in [0.25, 0.3) is 0 Å². The Morgan fingerprint density at radius 1 is 1.55 bits per heavy atom. The Morgan fingerprint density at radius 3 is 2.73 bits per heavy atom.